The average molecular weight is 348 g/mol. The van der Waals surface area contributed by atoms with Crippen LogP contribution in [0.2, 0.25) is 5.02 Å². The second-order valence-electron chi connectivity index (χ2n) is 5.39. The molecule has 24 heavy (non-hydrogen) atoms. The molecule has 0 bridgehead atoms. The zero-order valence-electron chi connectivity index (χ0n) is 13.3. The van der Waals surface area contributed by atoms with Crippen molar-refractivity contribution in [1.29, 1.82) is 0 Å². The molecule has 3 rings (SSSR count). The predicted molar refractivity (Wildman–Crippen MR) is 91.0 cm³/mol. The van der Waals surface area contributed by atoms with Crippen LogP contribution >= 0.6 is 11.6 Å². The van der Waals surface area contributed by atoms with E-state index in [0.717, 1.165) is 16.9 Å². The van der Waals surface area contributed by atoms with Gasteiger partial charge in [0.2, 0.25) is 5.91 Å². The third-order valence-corrected chi connectivity index (χ3v) is 3.92. The van der Waals surface area contributed by atoms with Gasteiger partial charge in [-0.05, 0) is 35.9 Å². The van der Waals surface area contributed by atoms with Gasteiger partial charge in [-0.1, -0.05) is 17.7 Å². The van der Waals surface area contributed by atoms with Gasteiger partial charge in [-0.2, -0.15) is 0 Å². The van der Waals surface area contributed by atoms with Gasteiger partial charge in [-0.15, -0.1) is 0 Å². The smallest absolute Gasteiger partial charge is 0.224 e. The topological polar surface area (TPSA) is 56.8 Å². The van der Waals surface area contributed by atoms with E-state index in [9.17, 15) is 4.79 Å². The fraction of sp³-hybridized carbons (Fsp3) is 0.278. The summed E-state index contributed by atoms with van der Waals surface area (Å²) in [4.78, 5) is 12.2. The third kappa shape index (κ3) is 3.92. The molecule has 0 aromatic heterocycles. The number of carbonyl (C=O) groups is 1. The third-order valence-electron chi connectivity index (χ3n) is 3.69. The lowest BCUT2D eigenvalue weighted by atomic mass is 10.1. The molecule has 0 fully saturated rings. The van der Waals surface area contributed by atoms with Crippen molar-refractivity contribution in [3.63, 3.8) is 0 Å². The van der Waals surface area contributed by atoms with E-state index in [1.165, 1.54) is 0 Å². The molecule has 5 nitrogen and oxygen atoms in total. The van der Waals surface area contributed by atoms with Gasteiger partial charge in [-0.25, -0.2) is 0 Å². The summed E-state index contributed by atoms with van der Waals surface area (Å²) < 4.78 is 16.3. The highest BCUT2D eigenvalue weighted by Gasteiger charge is 2.13. The normalized spacial score (nSPS) is 12.6. The van der Waals surface area contributed by atoms with Gasteiger partial charge >= 0.3 is 0 Å². The van der Waals surface area contributed by atoms with Crippen LogP contribution in [0.5, 0.6) is 17.2 Å². The number of benzene rings is 2. The second-order valence-corrected chi connectivity index (χ2v) is 5.82. The summed E-state index contributed by atoms with van der Waals surface area (Å²) in [6.07, 6.45) is 0.203. The number of rotatable bonds is 5. The number of nitrogens with one attached hydrogen (secondary N) is 1. The molecule has 0 unspecified atom stereocenters. The molecule has 126 valence electrons. The monoisotopic (exact) mass is 347 g/mol. The average Bonchev–Trinajstić information content (AvgIpc) is 2.60. The predicted octanol–water partition coefficient (Wildman–Crippen LogP) is 2.98. The van der Waals surface area contributed by atoms with Crippen LogP contribution in [0, 0.1) is 0 Å². The van der Waals surface area contributed by atoms with Gasteiger partial charge in [0, 0.05) is 17.1 Å². The highest BCUT2D eigenvalue weighted by Crippen LogP contribution is 2.30. The van der Waals surface area contributed by atoms with Crippen molar-refractivity contribution in [2.75, 3.05) is 20.3 Å². The summed E-state index contributed by atoms with van der Waals surface area (Å²) in [6.45, 7) is 1.51. The zero-order valence-corrected chi connectivity index (χ0v) is 14.1. The summed E-state index contributed by atoms with van der Waals surface area (Å²) in [6, 6.07) is 10.9. The first-order valence-corrected chi connectivity index (χ1v) is 8.01. The molecular weight excluding hydrogens is 330 g/mol. The summed E-state index contributed by atoms with van der Waals surface area (Å²) in [5, 5.41) is 3.47. The van der Waals surface area contributed by atoms with E-state index < -0.39 is 0 Å². The molecule has 0 spiro atoms. The number of hydrogen-bond donors (Lipinski definition) is 1. The number of ether oxygens (including phenoxy) is 3. The number of amides is 1. The van der Waals surface area contributed by atoms with Crippen LogP contribution in [0.15, 0.2) is 36.4 Å². The molecule has 1 amide bonds. The maximum absolute atomic E-state index is 12.2. The molecule has 0 saturated carbocycles. The van der Waals surface area contributed by atoms with E-state index in [4.69, 9.17) is 25.8 Å². The fourth-order valence-electron chi connectivity index (χ4n) is 2.52. The Hall–Kier alpha value is -2.40. The number of halogens is 1. The van der Waals surface area contributed by atoms with Crippen molar-refractivity contribution in [2.24, 2.45) is 0 Å². The molecule has 0 radical (unpaired) electrons. The van der Waals surface area contributed by atoms with Crippen LogP contribution in [-0.4, -0.2) is 26.2 Å². The molecule has 0 atom stereocenters. The minimum Gasteiger partial charge on any atom is -0.496 e. The Balaban J connectivity index is 1.61. The molecular formula is C18H18ClNO4. The van der Waals surface area contributed by atoms with Gasteiger partial charge in [0.1, 0.15) is 19.0 Å². The Kier molecular flexibility index (Phi) is 5.11. The SMILES string of the molecule is COc1ccc(Cl)cc1CC(=O)NCc1ccc2c(c1)OCCO2. The lowest BCUT2D eigenvalue weighted by Gasteiger charge is -2.19. The standard InChI is InChI=1S/C18H18ClNO4/c1-22-15-5-3-14(19)9-13(15)10-18(21)20-11-12-2-4-16-17(8-12)24-7-6-23-16/h2-5,8-9H,6-7,10-11H2,1H3,(H,20,21). The van der Waals surface area contributed by atoms with Gasteiger partial charge in [0.25, 0.3) is 0 Å². The number of fused-ring (bicyclic) bond motifs is 1. The van der Waals surface area contributed by atoms with E-state index in [1.807, 2.05) is 18.2 Å². The minimum absolute atomic E-state index is 0.106. The van der Waals surface area contributed by atoms with Crippen LogP contribution in [0.25, 0.3) is 0 Å². The Morgan fingerprint density at radius 3 is 2.75 bits per heavy atom. The molecule has 6 heteroatoms. The summed E-state index contributed by atoms with van der Waals surface area (Å²) in [7, 11) is 1.57. The maximum Gasteiger partial charge on any atom is 0.224 e. The number of methoxy groups -OCH3 is 1. The van der Waals surface area contributed by atoms with Crippen molar-refractivity contribution < 1.29 is 19.0 Å². The van der Waals surface area contributed by atoms with Crippen molar-refractivity contribution in [3.8, 4) is 17.2 Å². The van der Waals surface area contributed by atoms with Gasteiger partial charge in [0.05, 0.1) is 13.5 Å². The molecule has 0 saturated heterocycles. The quantitative estimate of drug-likeness (QED) is 0.903. The first-order valence-electron chi connectivity index (χ1n) is 7.63. The fourth-order valence-corrected chi connectivity index (χ4v) is 2.71. The zero-order chi connectivity index (χ0) is 16.9. The van der Waals surface area contributed by atoms with E-state index in [2.05, 4.69) is 5.32 Å². The Morgan fingerprint density at radius 2 is 1.96 bits per heavy atom. The van der Waals surface area contributed by atoms with E-state index in [-0.39, 0.29) is 12.3 Å². The first kappa shape index (κ1) is 16.5. The van der Waals surface area contributed by atoms with Crippen molar-refractivity contribution in [1.82, 2.24) is 5.32 Å². The van der Waals surface area contributed by atoms with Crippen molar-refractivity contribution in [3.05, 3.63) is 52.5 Å². The maximum atomic E-state index is 12.2. The molecule has 2 aromatic rings. The van der Waals surface area contributed by atoms with E-state index >= 15 is 0 Å². The van der Waals surface area contributed by atoms with Gasteiger partial charge in [-0.3, -0.25) is 4.79 Å². The van der Waals surface area contributed by atoms with Crippen molar-refractivity contribution in [2.45, 2.75) is 13.0 Å². The number of hydrogen-bond acceptors (Lipinski definition) is 4. The van der Waals surface area contributed by atoms with Gasteiger partial charge < -0.3 is 19.5 Å². The lowest BCUT2D eigenvalue weighted by molar-refractivity contribution is -0.120. The Morgan fingerprint density at radius 1 is 1.17 bits per heavy atom. The second kappa shape index (κ2) is 7.45. The Labute approximate surface area is 145 Å². The van der Waals surface area contributed by atoms with Crippen LogP contribution in [-0.2, 0) is 17.8 Å². The van der Waals surface area contributed by atoms with Crippen LogP contribution in [0.1, 0.15) is 11.1 Å². The number of carbonyl (C=O) groups excluding carboxylic acids is 1. The van der Waals surface area contributed by atoms with Crippen LogP contribution in [0.4, 0.5) is 0 Å². The molecule has 1 heterocycles. The first-order chi connectivity index (χ1) is 11.7. The molecule has 0 aliphatic carbocycles. The molecule has 2 aromatic carbocycles. The highest BCUT2D eigenvalue weighted by molar-refractivity contribution is 6.30. The molecule has 1 N–H and O–H groups in total. The summed E-state index contributed by atoms with van der Waals surface area (Å²) in [5.74, 6) is 1.99. The summed E-state index contributed by atoms with van der Waals surface area (Å²) >= 11 is 5.98. The molecule has 1 aliphatic heterocycles. The van der Waals surface area contributed by atoms with E-state index in [0.29, 0.717) is 36.3 Å². The van der Waals surface area contributed by atoms with Crippen LogP contribution in [0.3, 0.4) is 0 Å². The largest absolute Gasteiger partial charge is 0.496 e. The Bertz CT molecular complexity index is 748. The molecule has 1 aliphatic rings. The van der Waals surface area contributed by atoms with Crippen LogP contribution < -0.4 is 19.5 Å². The summed E-state index contributed by atoms with van der Waals surface area (Å²) in [5.41, 5.74) is 1.70. The highest BCUT2D eigenvalue weighted by atomic mass is 35.5. The van der Waals surface area contributed by atoms with Gasteiger partial charge in [0.15, 0.2) is 11.5 Å². The minimum atomic E-state index is -0.106. The van der Waals surface area contributed by atoms with Crippen molar-refractivity contribution >= 4 is 17.5 Å². The van der Waals surface area contributed by atoms with E-state index in [1.54, 1.807) is 25.3 Å². The lowest BCUT2D eigenvalue weighted by Crippen LogP contribution is -2.25.